The van der Waals surface area contributed by atoms with E-state index in [-0.39, 0.29) is 33.8 Å². The Kier molecular flexibility index (Phi) is 4.60. The highest BCUT2D eigenvalue weighted by molar-refractivity contribution is 5.87. The number of aromatic amines is 2. The van der Waals surface area contributed by atoms with Gasteiger partial charge in [-0.25, -0.2) is 9.97 Å². The number of nitriles is 1. The summed E-state index contributed by atoms with van der Waals surface area (Å²) in [6, 6.07) is 15.4. The van der Waals surface area contributed by atoms with Gasteiger partial charge in [-0.3, -0.25) is 14.0 Å². The molecule has 0 amide bonds. The lowest BCUT2D eigenvalue weighted by atomic mass is 10.1. The summed E-state index contributed by atoms with van der Waals surface area (Å²) in [5.41, 5.74) is 3.03. The number of nitrogens with zero attached hydrogens (tertiary/aromatic N) is 4. The van der Waals surface area contributed by atoms with Gasteiger partial charge in [-0.05, 0) is 37.1 Å². The molecule has 0 aliphatic rings. The van der Waals surface area contributed by atoms with Crippen molar-refractivity contribution in [2.24, 2.45) is 0 Å². The second-order valence-electron chi connectivity index (χ2n) is 8.44. The number of fused-ring (bicyclic) bond motifs is 5. The number of para-hydroxylation sites is 1. The number of benzene rings is 2. The topological polar surface area (TPSA) is 132 Å². The predicted octanol–water partition coefficient (Wildman–Crippen LogP) is 3.40. The van der Waals surface area contributed by atoms with Crippen LogP contribution in [0, 0.1) is 18.3 Å². The molecule has 3 N–H and O–H groups in total. The summed E-state index contributed by atoms with van der Waals surface area (Å²) in [6.07, 6.45) is 4.14. The number of hydrogen-bond donors (Lipinski definition) is 3. The van der Waals surface area contributed by atoms with Crippen molar-refractivity contribution < 1.29 is 0 Å². The van der Waals surface area contributed by atoms with E-state index < -0.39 is 5.43 Å². The van der Waals surface area contributed by atoms with Gasteiger partial charge in [0.15, 0.2) is 0 Å². The van der Waals surface area contributed by atoms with Crippen LogP contribution in [0.2, 0.25) is 0 Å². The van der Waals surface area contributed by atoms with E-state index in [0.29, 0.717) is 17.4 Å². The molecule has 0 aliphatic carbocycles. The van der Waals surface area contributed by atoms with E-state index in [1.54, 1.807) is 12.1 Å². The standard InChI is InChI=1S/C26H19N7O2/c1-14-6-7-20-17(10-14)25(35)33-21-13-30-26(32-22(21)23(34)18(11-27)24(33)31-20)28-9-8-15-12-29-19-5-3-2-4-16(15)19/h2-7,10,12-13,29,31H,8-9H2,1H3,(H,28,30,32). The van der Waals surface area contributed by atoms with Crippen molar-refractivity contribution in [2.75, 3.05) is 11.9 Å². The first kappa shape index (κ1) is 20.6. The molecule has 0 saturated heterocycles. The molecule has 35 heavy (non-hydrogen) atoms. The fourth-order valence-electron chi connectivity index (χ4n) is 4.52. The summed E-state index contributed by atoms with van der Waals surface area (Å²) in [6.45, 7) is 2.43. The lowest BCUT2D eigenvalue weighted by Crippen LogP contribution is -2.23. The van der Waals surface area contributed by atoms with Gasteiger partial charge in [-0.15, -0.1) is 0 Å². The Balaban J connectivity index is 1.44. The van der Waals surface area contributed by atoms with Gasteiger partial charge in [-0.1, -0.05) is 29.8 Å². The number of hydrogen-bond acceptors (Lipinski definition) is 6. The van der Waals surface area contributed by atoms with E-state index in [2.05, 4.69) is 31.3 Å². The van der Waals surface area contributed by atoms with Crippen molar-refractivity contribution in [3.05, 3.63) is 92.1 Å². The molecule has 0 aliphatic heterocycles. The Morgan fingerprint density at radius 3 is 2.83 bits per heavy atom. The highest BCUT2D eigenvalue weighted by atomic mass is 16.1. The third kappa shape index (κ3) is 3.23. The number of aromatic nitrogens is 5. The van der Waals surface area contributed by atoms with Crippen molar-refractivity contribution >= 4 is 44.4 Å². The molecule has 9 nitrogen and oxygen atoms in total. The fourth-order valence-corrected chi connectivity index (χ4v) is 4.52. The van der Waals surface area contributed by atoms with Crippen LogP contribution in [-0.2, 0) is 6.42 Å². The average molecular weight is 461 g/mol. The average Bonchev–Trinajstić information content (AvgIpc) is 3.28. The lowest BCUT2D eigenvalue weighted by molar-refractivity contribution is 0.992. The van der Waals surface area contributed by atoms with Gasteiger partial charge in [-0.2, -0.15) is 5.26 Å². The van der Waals surface area contributed by atoms with Crippen LogP contribution in [0.3, 0.4) is 0 Å². The predicted molar refractivity (Wildman–Crippen MR) is 135 cm³/mol. The maximum atomic E-state index is 13.4. The first-order chi connectivity index (χ1) is 17.0. The first-order valence-corrected chi connectivity index (χ1v) is 11.1. The van der Waals surface area contributed by atoms with Gasteiger partial charge in [0.2, 0.25) is 11.4 Å². The van der Waals surface area contributed by atoms with E-state index in [4.69, 9.17) is 0 Å². The third-order valence-corrected chi connectivity index (χ3v) is 6.24. The van der Waals surface area contributed by atoms with Gasteiger partial charge in [0.1, 0.15) is 22.8 Å². The Labute approximate surface area is 197 Å². The fraction of sp³-hybridized carbons (Fsp3) is 0.115. The Morgan fingerprint density at radius 2 is 1.97 bits per heavy atom. The number of H-pyrrole nitrogens is 2. The molecular weight excluding hydrogens is 442 g/mol. The quantitative estimate of drug-likeness (QED) is 0.272. The second-order valence-corrected chi connectivity index (χ2v) is 8.44. The largest absolute Gasteiger partial charge is 0.361 e. The molecule has 0 fully saturated rings. The minimum Gasteiger partial charge on any atom is -0.361 e. The minimum atomic E-state index is -0.549. The SMILES string of the molecule is Cc1ccc2[nH]c3c(C#N)c(=O)c4nc(NCCc5c[nH]c6ccccc56)ncc4n3c(=O)c2c1. The molecule has 4 aromatic heterocycles. The van der Waals surface area contributed by atoms with Crippen molar-refractivity contribution in [1.82, 2.24) is 24.3 Å². The molecule has 0 atom stereocenters. The van der Waals surface area contributed by atoms with Crippen LogP contribution >= 0.6 is 0 Å². The summed E-state index contributed by atoms with van der Waals surface area (Å²) in [4.78, 5) is 41.6. The maximum absolute atomic E-state index is 13.4. The zero-order valence-electron chi connectivity index (χ0n) is 18.7. The van der Waals surface area contributed by atoms with E-state index in [1.165, 1.54) is 10.6 Å². The summed E-state index contributed by atoms with van der Waals surface area (Å²) in [7, 11) is 0. The smallest absolute Gasteiger partial charge is 0.266 e. The zero-order chi connectivity index (χ0) is 24.1. The minimum absolute atomic E-state index is 0.0150. The maximum Gasteiger partial charge on any atom is 0.266 e. The molecule has 0 spiro atoms. The lowest BCUT2D eigenvalue weighted by Gasteiger charge is -2.11. The summed E-state index contributed by atoms with van der Waals surface area (Å²) in [5.74, 6) is 0.256. The number of nitrogens with one attached hydrogen (secondary N) is 3. The Morgan fingerprint density at radius 1 is 1.11 bits per heavy atom. The van der Waals surface area contributed by atoms with Crippen LogP contribution in [-0.4, -0.2) is 30.9 Å². The number of aryl methyl sites for hydroxylation is 1. The Bertz CT molecular complexity index is 1960. The van der Waals surface area contributed by atoms with E-state index in [0.717, 1.165) is 28.5 Å². The highest BCUT2D eigenvalue weighted by Gasteiger charge is 2.18. The number of anilines is 1. The summed E-state index contributed by atoms with van der Waals surface area (Å²) < 4.78 is 1.31. The molecule has 170 valence electrons. The number of rotatable bonds is 4. The van der Waals surface area contributed by atoms with Crippen LogP contribution in [0.4, 0.5) is 5.95 Å². The van der Waals surface area contributed by atoms with Gasteiger partial charge in [0, 0.05) is 23.6 Å². The van der Waals surface area contributed by atoms with Crippen LogP contribution in [0.15, 0.2) is 64.4 Å². The molecular formula is C26H19N7O2. The number of pyridine rings is 1. The second kappa shape index (κ2) is 7.81. The summed E-state index contributed by atoms with van der Waals surface area (Å²) in [5, 5.41) is 14.5. The van der Waals surface area contributed by atoms with Gasteiger partial charge in [0.25, 0.3) is 5.56 Å². The van der Waals surface area contributed by atoms with E-state index >= 15 is 0 Å². The van der Waals surface area contributed by atoms with Crippen molar-refractivity contribution in [1.29, 1.82) is 5.26 Å². The molecule has 0 saturated carbocycles. The summed E-state index contributed by atoms with van der Waals surface area (Å²) >= 11 is 0. The molecule has 6 rings (SSSR count). The Hall–Kier alpha value is -4.97. The van der Waals surface area contributed by atoms with Crippen molar-refractivity contribution in [3.63, 3.8) is 0 Å². The van der Waals surface area contributed by atoms with Gasteiger partial charge in [0.05, 0.1) is 22.6 Å². The van der Waals surface area contributed by atoms with Crippen LogP contribution in [0.5, 0.6) is 0 Å². The normalized spacial score (nSPS) is 11.4. The van der Waals surface area contributed by atoms with Crippen molar-refractivity contribution in [2.45, 2.75) is 13.3 Å². The molecule has 9 heteroatoms. The van der Waals surface area contributed by atoms with Crippen LogP contribution in [0.1, 0.15) is 16.7 Å². The molecule has 0 radical (unpaired) electrons. The first-order valence-electron chi connectivity index (χ1n) is 11.1. The van der Waals surface area contributed by atoms with Crippen LogP contribution < -0.4 is 16.3 Å². The zero-order valence-corrected chi connectivity index (χ0v) is 18.7. The molecule has 0 bridgehead atoms. The molecule has 6 aromatic rings. The van der Waals surface area contributed by atoms with Gasteiger partial charge >= 0.3 is 0 Å². The molecule has 4 heterocycles. The van der Waals surface area contributed by atoms with E-state index in [1.807, 2.05) is 43.5 Å². The molecule has 0 unspecified atom stereocenters. The third-order valence-electron chi connectivity index (χ3n) is 6.24. The van der Waals surface area contributed by atoms with Gasteiger partial charge < -0.3 is 15.3 Å². The van der Waals surface area contributed by atoms with Crippen molar-refractivity contribution in [3.8, 4) is 6.07 Å². The highest BCUT2D eigenvalue weighted by Crippen LogP contribution is 2.19. The monoisotopic (exact) mass is 461 g/mol. The van der Waals surface area contributed by atoms with E-state index in [9.17, 15) is 14.9 Å². The molecule has 2 aromatic carbocycles. The van der Waals surface area contributed by atoms with Crippen LogP contribution in [0.25, 0.3) is 38.5 Å².